The maximum atomic E-state index is 10.1. The van der Waals surface area contributed by atoms with Gasteiger partial charge in [0.15, 0.2) is 0 Å². The van der Waals surface area contributed by atoms with Gasteiger partial charge in [-0.25, -0.2) is 4.79 Å². The van der Waals surface area contributed by atoms with E-state index in [0.717, 1.165) is 0 Å². The first-order valence-corrected chi connectivity index (χ1v) is 4.78. The number of hydrogen-bond acceptors (Lipinski definition) is 4. The maximum Gasteiger partial charge on any atom is 0.364 e. The van der Waals surface area contributed by atoms with E-state index in [1.807, 2.05) is 0 Å². The van der Waals surface area contributed by atoms with Gasteiger partial charge in [0.1, 0.15) is 0 Å². The Balaban J connectivity index is 3.37. The molecule has 5 nitrogen and oxygen atoms in total. The Morgan fingerprint density at radius 1 is 1.55 bits per heavy atom. The molecule has 66 valence electrons. The lowest BCUT2D eigenvalue weighted by Gasteiger charge is -1.98. The first kappa shape index (κ1) is 10.7. The fraction of sp³-hybridized carbons (Fsp3) is 0.750. The summed E-state index contributed by atoms with van der Waals surface area (Å²) in [6, 6.07) is 0. The fourth-order valence-corrected chi connectivity index (χ4v) is 0.975. The van der Waals surface area contributed by atoms with E-state index in [1.165, 1.54) is 0 Å². The fourth-order valence-electron chi connectivity index (χ4n) is 0.401. The van der Waals surface area contributed by atoms with Crippen molar-refractivity contribution in [2.45, 2.75) is 6.42 Å². The van der Waals surface area contributed by atoms with Gasteiger partial charge in [-0.2, -0.15) is 8.42 Å². The zero-order valence-electron chi connectivity index (χ0n) is 5.56. The molecule has 0 aliphatic rings. The summed E-state index contributed by atoms with van der Waals surface area (Å²) < 4.78 is 32.6. The molecule has 0 atom stereocenters. The number of hydrogen-bond donors (Lipinski definition) is 2. The van der Waals surface area contributed by atoms with Crippen molar-refractivity contribution in [2.24, 2.45) is 0 Å². The van der Waals surface area contributed by atoms with Gasteiger partial charge < -0.3 is 4.74 Å². The van der Waals surface area contributed by atoms with Crippen LogP contribution >= 0.6 is 12.6 Å². The third-order valence-corrected chi connectivity index (χ3v) is 1.71. The minimum absolute atomic E-state index is 0.0534. The Morgan fingerprint density at radius 3 is 2.45 bits per heavy atom. The quantitative estimate of drug-likeness (QED) is 0.296. The Hall–Kier alpha value is -0.270. The van der Waals surface area contributed by atoms with E-state index in [9.17, 15) is 13.2 Å². The molecule has 0 saturated carbocycles. The smallest absolute Gasteiger partial charge is 0.364 e. The summed E-state index contributed by atoms with van der Waals surface area (Å²) in [6.07, 6.45) is 0.0745. The molecule has 0 aliphatic carbocycles. The highest BCUT2D eigenvalue weighted by Crippen LogP contribution is 1.92. The molecule has 0 aromatic rings. The summed E-state index contributed by atoms with van der Waals surface area (Å²) in [4.78, 5) is 10.00. The largest absolute Gasteiger partial charge is 0.458 e. The summed E-state index contributed by atoms with van der Waals surface area (Å²) in [5.41, 5.74) is 0. The molecule has 11 heavy (non-hydrogen) atoms. The van der Waals surface area contributed by atoms with Gasteiger partial charge in [0.2, 0.25) is 0 Å². The molecule has 0 aromatic carbocycles. The summed E-state index contributed by atoms with van der Waals surface area (Å²) in [6.45, 7) is -0.0534. The molecule has 0 amide bonds. The van der Waals surface area contributed by atoms with Crippen molar-refractivity contribution in [2.75, 3.05) is 12.4 Å². The Morgan fingerprint density at radius 2 is 2.09 bits per heavy atom. The molecular formula is C4H8O5S2. The van der Waals surface area contributed by atoms with Crippen LogP contribution in [0.4, 0.5) is 4.79 Å². The van der Waals surface area contributed by atoms with E-state index in [-0.39, 0.29) is 13.0 Å². The van der Waals surface area contributed by atoms with E-state index in [1.54, 1.807) is 0 Å². The van der Waals surface area contributed by atoms with E-state index < -0.39 is 21.2 Å². The van der Waals surface area contributed by atoms with Crippen LogP contribution in [-0.4, -0.2) is 30.6 Å². The summed E-state index contributed by atoms with van der Waals surface area (Å²) >= 11 is 3.27. The highest BCUT2D eigenvalue weighted by atomic mass is 32.2. The van der Waals surface area contributed by atoms with Crippen LogP contribution in [0.5, 0.6) is 0 Å². The van der Waals surface area contributed by atoms with Crippen molar-refractivity contribution in [3.8, 4) is 0 Å². The second-order valence-electron chi connectivity index (χ2n) is 1.75. The molecule has 0 rings (SSSR count). The number of carbonyl (C=O) groups is 1. The number of ether oxygens (including phenoxy) is 1. The van der Waals surface area contributed by atoms with Gasteiger partial charge in [0.25, 0.3) is 10.1 Å². The van der Waals surface area contributed by atoms with Crippen LogP contribution in [0.3, 0.4) is 0 Å². The van der Waals surface area contributed by atoms with E-state index >= 15 is 0 Å². The summed E-state index contributed by atoms with van der Waals surface area (Å²) in [7, 11) is -3.94. The first-order chi connectivity index (χ1) is 4.92. The van der Waals surface area contributed by atoms with Crippen LogP contribution in [0.15, 0.2) is 0 Å². The van der Waals surface area contributed by atoms with Gasteiger partial charge in [-0.05, 0) is 6.42 Å². The predicted octanol–water partition coefficient (Wildman–Crippen LogP) is 0.331. The minimum Gasteiger partial charge on any atom is -0.458 e. The zero-order chi connectivity index (χ0) is 8.91. The van der Waals surface area contributed by atoms with Gasteiger partial charge in [0, 0.05) is 0 Å². The van der Waals surface area contributed by atoms with Crippen LogP contribution in [0.25, 0.3) is 0 Å². The lowest BCUT2D eigenvalue weighted by molar-refractivity contribution is 0.175. The zero-order valence-corrected chi connectivity index (χ0v) is 7.27. The van der Waals surface area contributed by atoms with E-state index in [2.05, 4.69) is 17.4 Å². The second-order valence-corrected chi connectivity index (χ2v) is 3.69. The summed E-state index contributed by atoms with van der Waals surface area (Å²) in [5.74, 6) is -0.409. The highest BCUT2D eigenvalue weighted by molar-refractivity contribution is 7.96. The topological polar surface area (TPSA) is 80.7 Å². The van der Waals surface area contributed by atoms with Crippen molar-refractivity contribution in [3.05, 3.63) is 0 Å². The average molecular weight is 200 g/mol. The van der Waals surface area contributed by atoms with E-state index in [4.69, 9.17) is 4.55 Å². The Labute approximate surface area is 69.9 Å². The highest BCUT2D eigenvalue weighted by Gasteiger charge is 2.03. The molecule has 7 heteroatoms. The third-order valence-electron chi connectivity index (χ3n) is 0.772. The molecule has 0 saturated heterocycles. The van der Waals surface area contributed by atoms with Crippen molar-refractivity contribution in [1.82, 2.24) is 0 Å². The molecule has 0 bridgehead atoms. The molecule has 1 N–H and O–H groups in total. The predicted molar refractivity (Wildman–Crippen MR) is 41.4 cm³/mol. The maximum absolute atomic E-state index is 10.1. The normalized spacial score (nSPS) is 11.1. The molecule has 0 spiro atoms. The Bertz CT molecular complexity index is 219. The lowest BCUT2D eigenvalue weighted by Crippen LogP contribution is -2.07. The van der Waals surface area contributed by atoms with Crippen LogP contribution in [-0.2, 0) is 14.9 Å². The first-order valence-electron chi connectivity index (χ1n) is 2.73. The standard InChI is InChI=1S/C4H8O5S2/c5-4(10)9-2-1-3-11(6,7)8/h1-3H2,(H,5,10)(H,6,7,8). The molecule has 0 aromatic heterocycles. The van der Waals surface area contributed by atoms with Crippen LogP contribution in [0, 0.1) is 0 Å². The van der Waals surface area contributed by atoms with Crippen LogP contribution in [0.1, 0.15) is 6.42 Å². The molecule has 0 heterocycles. The van der Waals surface area contributed by atoms with Crippen molar-refractivity contribution < 1.29 is 22.5 Å². The monoisotopic (exact) mass is 200 g/mol. The SMILES string of the molecule is O=C(S)OCCCS(=O)(=O)O. The number of thiol groups is 1. The summed E-state index contributed by atoms with van der Waals surface area (Å²) in [5, 5.41) is -0.764. The van der Waals surface area contributed by atoms with Gasteiger partial charge >= 0.3 is 5.30 Å². The van der Waals surface area contributed by atoms with Gasteiger partial charge in [-0.1, -0.05) is 12.6 Å². The van der Waals surface area contributed by atoms with Crippen LogP contribution < -0.4 is 0 Å². The third kappa shape index (κ3) is 9.73. The lowest BCUT2D eigenvalue weighted by atomic mass is 10.5. The van der Waals surface area contributed by atoms with Gasteiger partial charge in [-0.15, -0.1) is 0 Å². The molecular weight excluding hydrogens is 192 g/mol. The van der Waals surface area contributed by atoms with Crippen molar-refractivity contribution in [1.29, 1.82) is 0 Å². The van der Waals surface area contributed by atoms with Crippen molar-refractivity contribution >= 4 is 28.0 Å². The van der Waals surface area contributed by atoms with Crippen molar-refractivity contribution in [3.63, 3.8) is 0 Å². The molecule has 0 aliphatic heterocycles. The van der Waals surface area contributed by atoms with E-state index in [0.29, 0.717) is 0 Å². The van der Waals surface area contributed by atoms with Gasteiger partial charge in [-0.3, -0.25) is 4.55 Å². The number of carbonyl (C=O) groups excluding carboxylic acids is 1. The Kier molecular flexibility index (Phi) is 4.46. The molecule has 0 fully saturated rings. The van der Waals surface area contributed by atoms with Crippen LogP contribution in [0.2, 0.25) is 0 Å². The second kappa shape index (κ2) is 4.58. The average Bonchev–Trinajstić information content (AvgIpc) is 1.78. The minimum atomic E-state index is -3.94. The molecule has 0 radical (unpaired) electrons. The molecule has 0 unspecified atom stereocenters. The van der Waals surface area contributed by atoms with Gasteiger partial charge in [0.05, 0.1) is 12.4 Å². The number of rotatable bonds is 4.